The van der Waals surface area contributed by atoms with Crippen molar-refractivity contribution in [1.29, 1.82) is 0 Å². The molecular formula is C22H45N3O4S. The maximum absolute atomic E-state index is 12.2. The predicted octanol–water partition coefficient (Wildman–Crippen LogP) is 2.37. The first-order valence-corrected chi connectivity index (χ1v) is 12.2. The number of carbonyl (C=O) groups excluding carboxylic acids is 2. The van der Waals surface area contributed by atoms with Crippen molar-refractivity contribution in [2.24, 2.45) is 11.7 Å². The summed E-state index contributed by atoms with van der Waals surface area (Å²) in [5.41, 5.74) is 5.06. The molecule has 1 amide bonds. The molecule has 0 aliphatic carbocycles. The number of amides is 1. The normalized spacial score (nSPS) is 13.5. The Balaban J connectivity index is 4.03. The molecule has 0 aliphatic rings. The zero-order chi connectivity index (χ0) is 23.2. The van der Waals surface area contributed by atoms with E-state index in [1.54, 1.807) is 0 Å². The Kier molecular flexibility index (Phi) is 14.8. The van der Waals surface area contributed by atoms with E-state index in [-0.39, 0.29) is 34.9 Å². The Morgan fingerprint density at radius 2 is 1.63 bits per heavy atom. The van der Waals surface area contributed by atoms with Crippen molar-refractivity contribution in [1.82, 2.24) is 10.6 Å². The molecule has 0 rings (SSSR count). The lowest BCUT2D eigenvalue weighted by Crippen LogP contribution is -2.41. The second kappa shape index (κ2) is 15.2. The summed E-state index contributed by atoms with van der Waals surface area (Å²) >= 11 is 1.47. The highest BCUT2D eigenvalue weighted by atomic mass is 32.2. The quantitative estimate of drug-likeness (QED) is 0.277. The highest BCUT2D eigenvalue weighted by Gasteiger charge is 2.23. The van der Waals surface area contributed by atoms with Crippen LogP contribution >= 0.6 is 11.8 Å². The van der Waals surface area contributed by atoms with Crippen molar-refractivity contribution in [2.45, 2.75) is 78.6 Å². The molecule has 0 aromatic carbocycles. The first-order valence-electron chi connectivity index (χ1n) is 11.0. The van der Waals surface area contributed by atoms with Crippen molar-refractivity contribution in [3.63, 3.8) is 0 Å². The summed E-state index contributed by atoms with van der Waals surface area (Å²) in [6, 6.07) is -0.200. The summed E-state index contributed by atoms with van der Waals surface area (Å²) in [6.45, 7) is 16.8. The van der Waals surface area contributed by atoms with Crippen LogP contribution in [0.2, 0.25) is 0 Å². The molecule has 30 heavy (non-hydrogen) atoms. The maximum Gasteiger partial charge on any atom is 0.230 e. The third kappa shape index (κ3) is 14.4. The van der Waals surface area contributed by atoms with Gasteiger partial charge in [0.1, 0.15) is 0 Å². The van der Waals surface area contributed by atoms with E-state index < -0.39 is 0 Å². The van der Waals surface area contributed by atoms with Gasteiger partial charge < -0.3 is 25.8 Å². The molecule has 0 bridgehead atoms. The van der Waals surface area contributed by atoms with E-state index in [9.17, 15) is 9.59 Å². The van der Waals surface area contributed by atoms with E-state index in [0.717, 1.165) is 19.4 Å². The number of Topliss-reactive ketones (excluding diaryl/α,β-unsaturated/α-hetero) is 1. The summed E-state index contributed by atoms with van der Waals surface area (Å²) in [6.07, 6.45) is 1.58. The number of ether oxygens (including phenoxy) is 2. The molecule has 0 aliphatic heterocycles. The molecular weight excluding hydrogens is 402 g/mol. The van der Waals surface area contributed by atoms with Gasteiger partial charge in [-0.15, -0.1) is 11.8 Å². The average Bonchev–Trinajstić information content (AvgIpc) is 2.63. The number of ketones is 1. The van der Waals surface area contributed by atoms with Crippen LogP contribution in [0.15, 0.2) is 0 Å². The fourth-order valence-electron chi connectivity index (χ4n) is 2.79. The smallest absolute Gasteiger partial charge is 0.230 e. The van der Waals surface area contributed by atoms with Crippen LogP contribution in [0.5, 0.6) is 0 Å². The molecule has 178 valence electrons. The van der Waals surface area contributed by atoms with E-state index >= 15 is 0 Å². The Bertz CT molecular complexity index is 499. The summed E-state index contributed by atoms with van der Waals surface area (Å²) in [7, 11) is 0. The van der Waals surface area contributed by atoms with E-state index in [2.05, 4.69) is 10.6 Å². The standard InChI is InChI=1S/C22H45N3O4S/c1-8-24-18(20(27)17(2)3)15-30-16-19(26)25-12-14-29-22(6,7)10-13-28-21(4,5)9-11-23/h17-18,24H,8-16,23H2,1-7H3,(H,25,26). The van der Waals surface area contributed by atoms with Crippen LogP contribution in [0.3, 0.4) is 0 Å². The molecule has 0 heterocycles. The molecule has 0 aromatic rings. The van der Waals surface area contributed by atoms with Crippen molar-refractivity contribution < 1.29 is 19.1 Å². The second-order valence-electron chi connectivity index (χ2n) is 9.04. The van der Waals surface area contributed by atoms with Crippen molar-refractivity contribution in [2.75, 3.05) is 44.4 Å². The SMILES string of the molecule is CCNC(CSCC(=O)NCCOC(C)(C)CCOC(C)(C)CCN)C(=O)C(C)C. The minimum absolute atomic E-state index is 0.0129. The van der Waals surface area contributed by atoms with Gasteiger partial charge in [-0.3, -0.25) is 9.59 Å². The van der Waals surface area contributed by atoms with Crippen LogP contribution in [0.4, 0.5) is 0 Å². The van der Waals surface area contributed by atoms with E-state index in [4.69, 9.17) is 15.2 Å². The van der Waals surface area contributed by atoms with Gasteiger partial charge in [0, 0.05) is 18.2 Å². The Labute approximate surface area is 188 Å². The molecule has 0 spiro atoms. The molecule has 0 saturated carbocycles. The van der Waals surface area contributed by atoms with Gasteiger partial charge in [-0.1, -0.05) is 20.8 Å². The minimum Gasteiger partial charge on any atom is -0.375 e. The van der Waals surface area contributed by atoms with Crippen LogP contribution in [-0.4, -0.2) is 73.3 Å². The monoisotopic (exact) mass is 447 g/mol. The molecule has 7 nitrogen and oxygen atoms in total. The molecule has 0 saturated heterocycles. The highest BCUT2D eigenvalue weighted by molar-refractivity contribution is 8.00. The summed E-state index contributed by atoms with van der Waals surface area (Å²) < 4.78 is 11.8. The number of nitrogens with one attached hydrogen (secondary N) is 2. The first kappa shape index (κ1) is 29.3. The topological polar surface area (TPSA) is 103 Å². The number of thioether (sulfide) groups is 1. The van der Waals surface area contributed by atoms with Crippen molar-refractivity contribution in [3.05, 3.63) is 0 Å². The molecule has 1 atom stereocenters. The van der Waals surface area contributed by atoms with Gasteiger partial charge in [0.15, 0.2) is 5.78 Å². The number of likely N-dealkylation sites (N-methyl/N-ethyl adjacent to an activating group) is 1. The summed E-state index contributed by atoms with van der Waals surface area (Å²) in [5, 5.41) is 6.08. The number of hydrogen-bond acceptors (Lipinski definition) is 7. The zero-order valence-electron chi connectivity index (χ0n) is 20.1. The summed E-state index contributed by atoms with van der Waals surface area (Å²) in [4.78, 5) is 24.2. The molecule has 1 unspecified atom stereocenters. The molecule has 4 N–H and O–H groups in total. The Hall–Kier alpha value is -0.670. The third-order valence-electron chi connectivity index (χ3n) is 4.74. The van der Waals surface area contributed by atoms with Gasteiger partial charge in [0.2, 0.25) is 5.91 Å². The fourth-order valence-corrected chi connectivity index (χ4v) is 3.72. The lowest BCUT2D eigenvalue weighted by molar-refractivity contribution is -0.123. The zero-order valence-corrected chi connectivity index (χ0v) is 21.0. The van der Waals surface area contributed by atoms with E-state index in [1.807, 2.05) is 48.5 Å². The van der Waals surface area contributed by atoms with Crippen LogP contribution in [0.1, 0.15) is 61.3 Å². The van der Waals surface area contributed by atoms with Gasteiger partial charge in [0.05, 0.1) is 36.2 Å². The fraction of sp³-hybridized carbons (Fsp3) is 0.909. The second-order valence-corrected chi connectivity index (χ2v) is 10.1. The van der Waals surface area contributed by atoms with Crippen molar-refractivity contribution >= 4 is 23.5 Å². The first-order chi connectivity index (χ1) is 13.9. The number of carbonyl (C=O) groups is 2. The molecule has 0 aromatic heterocycles. The molecule has 0 radical (unpaired) electrons. The predicted molar refractivity (Wildman–Crippen MR) is 126 cm³/mol. The van der Waals surface area contributed by atoms with Gasteiger partial charge in [-0.05, 0) is 53.6 Å². The number of nitrogens with two attached hydrogens (primary N) is 1. The lowest BCUT2D eigenvalue weighted by atomic mass is 10.0. The van der Waals surface area contributed by atoms with Gasteiger partial charge in [-0.25, -0.2) is 0 Å². The third-order valence-corrected chi connectivity index (χ3v) is 5.78. The van der Waals surface area contributed by atoms with Gasteiger partial charge in [-0.2, -0.15) is 0 Å². The van der Waals surface area contributed by atoms with Crippen LogP contribution < -0.4 is 16.4 Å². The van der Waals surface area contributed by atoms with Gasteiger partial charge in [0.25, 0.3) is 0 Å². The molecule has 0 fully saturated rings. The highest BCUT2D eigenvalue weighted by Crippen LogP contribution is 2.19. The number of hydrogen-bond donors (Lipinski definition) is 3. The average molecular weight is 448 g/mol. The summed E-state index contributed by atoms with van der Waals surface area (Å²) in [5.74, 6) is 1.07. The minimum atomic E-state index is -0.325. The Morgan fingerprint density at radius 3 is 2.20 bits per heavy atom. The Morgan fingerprint density at radius 1 is 1.03 bits per heavy atom. The van der Waals surface area contributed by atoms with Gasteiger partial charge >= 0.3 is 0 Å². The van der Waals surface area contributed by atoms with Crippen LogP contribution in [-0.2, 0) is 19.1 Å². The van der Waals surface area contributed by atoms with Crippen molar-refractivity contribution in [3.8, 4) is 0 Å². The largest absolute Gasteiger partial charge is 0.375 e. The van der Waals surface area contributed by atoms with E-state index in [0.29, 0.717) is 37.8 Å². The van der Waals surface area contributed by atoms with Crippen LogP contribution in [0, 0.1) is 5.92 Å². The maximum atomic E-state index is 12.2. The molecule has 8 heteroatoms. The number of rotatable bonds is 18. The van der Waals surface area contributed by atoms with E-state index in [1.165, 1.54) is 11.8 Å². The van der Waals surface area contributed by atoms with Crippen LogP contribution in [0.25, 0.3) is 0 Å². The lowest BCUT2D eigenvalue weighted by Gasteiger charge is -2.29.